The first-order chi connectivity index (χ1) is 17.3. The first kappa shape index (κ1) is 35.1. The molecule has 0 aliphatic carbocycles. The van der Waals surface area contributed by atoms with Gasteiger partial charge in [-0.1, -0.05) is 64.2 Å². The van der Waals surface area contributed by atoms with Crippen LogP contribution in [0.5, 0.6) is 0 Å². The topological polar surface area (TPSA) is 186 Å². The van der Waals surface area contributed by atoms with Gasteiger partial charge in [-0.05, 0) is 12.8 Å². The fraction of sp³-hybridized carbons (Fsp3) is 0.960. The van der Waals surface area contributed by atoms with Crippen molar-refractivity contribution in [2.75, 3.05) is 39.6 Å². The number of rotatable bonds is 27. The van der Waals surface area contributed by atoms with Gasteiger partial charge in [-0.25, -0.2) is 0 Å². The first-order valence-corrected chi connectivity index (χ1v) is 13.3. The number of aliphatic hydroxyl groups is 6. The third-order valence-electron chi connectivity index (χ3n) is 5.74. The number of aliphatic carboxylic acids is 1. The molecule has 0 aromatic carbocycles. The summed E-state index contributed by atoms with van der Waals surface area (Å²) in [5, 5.41) is 64.9. The van der Waals surface area contributed by atoms with Gasteiger partial charge in [0.25, 0.3) is 5.97 Å². The second-order valence-electron chi connectivity index (χ2n) is 9.26. The Morgan fingerprint density at radius 2 is 0.861 bits per heavy atom. The molecule has 0 fully saturated rings. The number of unbranched alkanes of at least 4 members (excludes halogenated alkanes) is 11. The van der Waals surface area contributed by atoms with Crippen LogP contribution in [0.25, 0.3) is 0 Å². The average Bonchev–Trinajstić information content (AvgIpc) is 2.88. The molecule has 3 atom stereocenters. The van der Waals surface area contributed by atoms with E-state index in [1.165, 1.54) is 12.8 Å². The zero-order valence-corrected chi connectivity index (χ0v) is 21.6. The van der Waals surface area contributed by atoms with Crippen molar-refractivity contribution in [3.05, 3.63) is 0 Å². The second kappa shape index (κ2) is 23.2. The predicted octanol–water partition coefficient (Wildman–Crippen LogP) is 1.30. The fourth-order valence-electron chi connectivity index (χ4n) is 3.55. The van der Waals surface area contributed by atoms with Gasteiger partial charge in [0.2, 0.25) is 0 Å². The second-order valence-corrected chi connectivity index (χ2v) is 9.26. The summed E-state index contributed by atoms with van der Waals surface area (Å²) in [5.74, 6) is -2.44. The van der Waals surface area contributed by atoms with Crippen LogP contribution in [-0.4, -0.2) is 106 Å². The molecule has 0 aliphatic heterocycles. The van der Waals surface area contributed by atoms with Crippen LogP contribution in [0.3, 0.4) is 0 Å². The van der Waals surface area contributed by atoms with Crippen LogP contribution in [0, 0.1) is 0 Å². The molecule has 0 saturated heterocycles. The van der Waals surface area contributed by atoms with E-state index < -0.39 is 50.1 Å². The zero-order valence-electron chi connectivity index (χ0n) is 21.6. The number of ether oxygens (including phenoxy) is 3. The number of hydrogen-bond acceptors (Lipinski definition) is 10. The van der Waals surface area contributed by atoms with E-state index in [1.807, 2.05) is 0 Å². The summed E-state index contributed by atoms with van der Waals surface area (Å²) < 4.78 is 16.9. The number of carbonyl (C=O) groups is 1. The maximum absolute atomic E-state index is 10.5. The van der Waals surface area contributed by atoms with E-state index in [9.17, 15) is 20.1 Å². The van der Waals surface area contributed by atoms with Gasteiger partial charge < -0.3 is 50.0 Å². The Kier molecular flexibility index (Phi) is 22.7. The Morgan fingerprint density at radius 3 is 1.17 bits per heavy atom. The van der Waals surface area contributed by atoms with Gasteiger partial charge in [0.15, 0.2) is 0 Å². The monoisotopic (exact) mass is 526 g/mol. The highest BCUT2D eigenvalue weighted by molar-refractivity contribution is 5.66. The number of carboxylic acids is 1. The molecule has 0 radical (unpaired) electrons. The molecule has 0 saturated carbocycles. The Hall–Kier alpha value is -0.890. The summed E-state index contributed by atoms with van der Waals surface area (Å²) in [6.45, 7) is -2.50. The number of hydrogen-bond donors (Lipinski definition) is 7. The van der Waals surface area contributed by atoms with Gasteiger partial charge in [-0.15, -0.1) is 0 Å². The van der Waals surface area contributed by atoms with Crippen LogP contribution in [0.15, 0.2) is 0 Å². The lowest BCUT2D eigenvalue weighted by Crippen LogP contribution is -2.45. The van der Waals surface area contributed by atoms with E-state index in [1.54, 1.807) is 0 Å². The molecular weight excluding hydrogens is 476 g/mol. The van der Waals surface area contributed by atoms with E-state index >= 15 is 0 Å². The fourth-order valence-corrected chi connectivity index (χ4v) is 3.55. The van der Waals surface area contributed by atoms with Crippen molar-refractivity contribution in [3.8, 4) is 0 Å². The Bertz CT molecular complexity index is 470. The van der Waals surface area contributed by atoms with Gasteiger partial charge in [0.1, 0.15) is 18.3 Å². The summed E-state index contributed by atoms with van der Waals surface area (Å²) >= 11 is 0. The van der Waals surface area contributed by atoms with E-state index in [2.05, 4.69) is 0 Å². The third-order valence-corrected chi connectivity index (χ3v) is 5.74. The third kappa shape index (κ3) is 20.2. The molecule has 0 spiro atoms. The maximum Gasteiger partial charge on any atom is 0.303 e. The van der Waals surface area contributed by atoms with Crippen LogP contribution in [0.2, 0.25) is 0 Å². The minimum Gasteiger partial charge on any atom is -0.481 e. The van der Waals surface area contributed by atoms with Crippen LogP contribution < -0.4 is 0 Å². The molecule has 0 aromatic heterocycles. The highest BCUT2D eigenvalue weighted by Crippen LogP contribution is 2.25. The Morgan fingerprint density at radius 1 is 0.556 bits per heavy atom. The first-order valence-electron chi connectivity index (χ1n) is 13.3. The highest BCUT2D eigenvalue weighted by atomic mass is 16.9. The molecule has 0 rings (SSSR count). The molecule has 3 unspecified atom stereocenters. The maximum atomic E-state index is 10.5. The van der Waals surface area contributed by atoms with E-state index in [-0.39, 0.29) is 32.7 Å². The minimum absolute atomic E-state index is 0.226. The van der Waals surface area contributed by atoms with Crippen molar-refractivity contribution >= 4 is 5.97 Å². The van der Waals surface area contributed by atoms with Crippen molar-refractivity contribution in [3.63, 3.8) is 0 Å². The molecule has 11 heteroatoms. The lowest BCUT2D eigenvalue weighted by molar-refractivity contribution is -0.395. The summed E-state index contributed by atoms with van der Waals surface area (Å²) in [6.07, 6.45) is 9.09. The van der Waals surface area contributed by atoms with Gasteiger partial charge in [-0.3, -0.25) is 4.79 Å². The Labute approximate surface area is 215 Å². The van der Waals surface area contributed by atoms with E-state index in [0.717, 1.165) is 57.8 Å². The van der Waals surface area contributed by atoms with E-state index in [0.29, 0.717) is 6.42 Å². The minimum atomic E-state index is -1.72. The van der Waals surface area contributed by atoms with Gasteiger partial charge in [0, 0.05) is 12.8 Å². The lowest BCUT2D eigenvalue weighted by atomic mass is 10.0. The molecule has 0 heterocycles. The molecule has 216 valence electrons. The molecule has 11 nitrogen and oxygen atoms in total. The summed E-state index contributed by atoms with van der Waals surface area (Å²) in [6, 6.07) is 0. The SMILES string of the molecule is O=C(O)CCCCCCCCCCCCCCC(OCC(O)CO)(OCC(O)CO)OCC(O)CO. The smallest absolute Gasteiger partial charge is 0.303 e. The Balaban J connectivity index is 4.36. The predicted molar refractivity (Wildman–Crippen MR) is 132 cm³/mol. The quantitative estimate of drug-likeness (QED) is 0.0604. The van der Waals surface area contributed by atoms with Crippen molar-refractivity contribution < 1.29 is 54.8 Å². The van der Waals surface area contributed by atoms with Crippen LogP contribution in [0.4, 0.5) is 0 Å². The highest BCUT2D eigenvalue weighted by Gasteiger charge is 2.35. The average molecular weight is 527 g/mol. The van der Waals surface area contributed by atoms with Gasteiger partial charge in [0.05, 0.1) is 39.6 Å². The van der Waals surface area contributed by atoms with Crippen LogP contribution >= 0.6 is 0 Å². The van der Waals surface area contributed by atoms with Crippen LogP contribution in [0.1, 0.15) is 89.9 Å². The zero-order chi connectivity index (χ0) is 27.1. The summed E-state index contributed by atoms with van der Waals surface area (Å²) in [5.41, 5.74) is 0. The number of carboxylic acid groups (broad SMARTS) is 1. The van der Waals surface area contributed by atoms with Gasteiger partial charge in [-0.2, -0.15) is 0 Å². The van der Waals surface area contributed by atoms with Gasteiger partial charge >= 0.3 is 5.97 Å². The molecule has 0 bridgehead atoms. The van der Waals surface area contributed by atoms with Crippen molar-refractivity contribution in [1.29, 1.82) is 0 Å². The molecule has 0 amide bonds. The summed E-state index contributed by atoms with van der Waals surface area (Å²) in [7, 11) is 0. The number of aliphatic hydroxyl groups excluding tert-OH is 6. The molecule has 36 heavy (non-hydrogen) atoms. The van der Waals surface area contributed by atoms with Crippen LogP contribution in [-0.2, 0) is 19.0 Å². The molecule has 7 N–H and O–H groups in total. The van der Waals surface area contributed by atoms with Crippen molar-refractivity contribution in [2.45, 2.75) is 114 Å². The molecule has 0 aliphatic rings. The normalized spacial score (nSPS) is 15.9. The van der Waals surface area contributed by atoms with Crippen molar-refractivity contribution in [1.82, 2.24) is 0 Å². The summed E-state index contributed by atoms with van der Waals surface area (Å²) in [4.78, 5) is 10.5. The molecule has 0 aromatic rings. The van der Waals surface area contributed by atoms with E-state index in [4.69, 9.17) is 34.6 Å². The largest absolute Gasteiger partial charge is 0.481 e. The molecular formula is C25H50O11. The lowest BCUT2D eigenvalue weighted by Gasteiger charge is -2.35. The standard InChI is InChI=1S/C25H50O11/c26-15-21(29)18-34-25(35-19-22(30)16-27,36-20-23(31)17-28)14-12-10-8-6-4-2-1-3-5-7-9-11-13-24(32)33/h21-23,26-31H,1-20H2,(H,32,33). The van der Waals surface area contributed by atoms with Crippen molar-refractivity contribution in [2.24, 2.45) is 0 Å².